The summed E-state index contributed by atoms with van der Waals surface area (Å²) in [4.78, 5) is 21.3. The van der Waals surface area contributed by atoms with E-state index < -0.39 is 10.0 Å². The number of aromatic nitrogens is 3. The van der Waals surface area contributed by atoms with E-state index in [1.54, 1.807) is 10.6 Å². The molecule has 0 radical (unpaired) electrons. The summed E-state index contributed by atoms with van der Waals surface area (Å²) >= 11 is 0. The van der Waals surface area contributed by atoms with Crippen LogP contribution in [0.15, 0.2) is 33.0 Å². The van der Waals surface area contributed by atoms with Crippen LogP contribution >= 0.6 is 0 Å². The Kier molecular flexibility index (Phi) is 9.64. The minimum absolute atomic E-state index is 0.0997. The van der Waals surface area contributed by atoms with Crippen molar-refractivity contribution in [2.45, 2.75) is 70.7 Å². The van der Waals surface area contributed by atoms with Crippen LogP contribution in [0.2, 0.25) is 0 Å². The number of aliphatic hydroxyl groups excluding tert-OH is 1. The molecule has 2 aromatic heterocycles. The molecule has 40 heavy (non-hydrogen) atoms. The Balaban J connectivity index is 1.86. The van der Waals surface area contributed by atoms with Crippen LogP contribution < -0.4 is 10.3 Å². The van der Waals surface area contributed by atoms with Crippen LogP contribution in [0.25, 0.3) is 22.4 Å². The number of hydrogen-bond acceptors (Lipinski definition) is 8. The number of piperidine rings is 1. The van der Waals surface area contributed by atoms with Gasteiger partial charge in [-0.3, -0.25) is 4.79 Å². The van der Waals surface area contributed by atoms with Crippen LogP contribution in [-0.2, 0) is 23.0 Å². The normalized spacial score (nSPS) is 15.4. The highest BCUT2D eigenvalue weighted by Crippen LogP contribution is 2.34. The molecule has 3 heterocycles. The number of aryl methyl sites for hydroxylation is 2. The number of rotatable bonds is 12. The monoisotopic (exact) mass is 573 g/mol. The van der Waals surface area contributed by atoms with Crippen LogP contribution in [0.4, 0.5) is 0 Å². The molecular weight excluding hydrogens is 534 g/mol. The first-order valence-electron chi connectivity index (χ1n) is 14.0. The number of aliphatic hydroxyl groups is 1. The Morgan fingerprint density at radius 3 is 2.58 bits per heavy atom. The van der Waals surface area contributed by atoms with E-state index in [4.69, 9.17) is 9.72 Å². The van der Waals surface area contributed by atoms with E-state index in [0.29, 0.717) is 85.9 Å². The summed E-state index contributed by atoms with van der Waals surface area (Å²) in [6.45, 7) is 7.64. The first kappa shape index (κ1) is 29.8. The average molecular weight is 574 g/mol. The molecule has 1 aliphatic heterocycles. The first-order chi connectivity index (χ1) is 19.3. The van der Waals surface area contributed by atoms with Crippen molar-refractivity contribution >= 4 is 27.3 Å². The largest absolute Gasteiger partial charge is 0.493 e. The highest BCUT2D eigenvalue weighted by molar-refractivity contribution is 7.89. The van der Waals surface area contributed by atoms with E-state index in [-0.39, 0.29) is 22.9 Å². The standard InChI is InChI=1S/C28H39N5O6S/c1-4-7-21-23(18-29-36)33(6-3)26-25(21)30-27(31-28(26)35)22-17-20(8-9-24(22)39-16-5-2)40(37,38)32-13-10-19(11-14-32)12-15-34/h8-9,17-19,34,36H,4-7,10-16H2,1-3H3,(H,30,31,35). The number of sulfonamides is 1. The van der Waals surface area contributed by atoms with Crippen LogP contribution in [-0.4, -0.2) is 70.1 Å². The van der Waals surface area contributed by atoms with Gasteiger partial charge in [-0.2, -0.15) is 4.31 Å². The van der Waals surface area contributed by atoms with E-state index >= 15 is 0 Å². The van der Waals surface area contributed by atoms with Gasteiger partial charge in [0.25, 0.3) is 5.56 Å². The molecule has 1 fully saturated rings. The first-order valence-corrected chi connectivity index (χ1v) is 15.5. The third-order valence-electron chi connectivity index (χ3n) is 7.46. The lowest BCUT2D eigenvalue weighted by Crippen LogP contribution is -2.38. The number of nitrogens with zero attached hydrogens (tertiary/aromatic N) is 4. The molecule has 3 aromatic rings. The second-order valence-corrected chi connectivity index (χ2v) is 12.0. The lowest BCUT2D eigenvalue weighted by Gasteiger charge is -2.31. The van der Waals surface area contributed by atoms with E-state index in [2.05, 4.69) is 10.1 Å². The van der Waals surface area contributed by atoms with Gasteiger partial charge in [0, 0.05) is 31.8 Å². The van der Waals surface area contributed by atoms with E-state index in [1.807, 2.05) is 20.8 Å². The van der Waals surface area contributed by atoms with Gasteiger partial charge in [0.2, 0.25) is 10.0 Å². The maximum Gasteiger partial charge on any atom is 0.275 e. The number of nitrogens with one attached hydrogen (secondary N) is 1. The maximum atomic E-state index is 13.6. The Morgan fingerprint density at radius 1 is 1.20 bits per heavy atom. The summed E-state index contributed by atoms with van der Waals surface area (Å²) in [7, 11) is -3.81. The minimum atomic E-state index is -3.81. The molecule has 1 aromatic carbocycles. The molecule has 0 saturated carbocycles. The van der Waals surface area contributed by atoms with Crippen molar-refractivity contribution in [3.63, 3.8) is 0 Å². The summed E-state index contributed by atoms with van der Waals surface area (Å²) in [5.74, 6) is 0.945. The van der Waals surface area contributed by atoms with Crippen LogP contribution in [0.3, 0.4) is 0 Å². The molecule has 218 valence electrons. The van der Waals surface area contributed by atoms with Crippen molar-refractivity contribution in [2.75, 3.05) is 26.3 Å². The molecule has 0 unspecified atom stereocenters. The van der Waals surface area contributed by atoms with Crippen molar-refractivity contribution in [1.29, 1.82) is 0 Å². The van der Waals surface area contributed by atoms with Crippen molar-refractivity contribution in [3.05, 3.63) is 39.8 Å². The predicted octanol–water partition coefficient (Wildman–Crippen LogP) is 3.74. The van der Waals surface area contributed by atoms with Crippen LogP contribution in [0.1, 0.15) is 64.1 Å². The number of benzene rings is 1. The molecule has 0 atom stereocenters. The topological polar surface area (TPSA) is 150 Å². The Labute approximate surface area is 234 Å². The molecule has 3 N–H and O–H groups in total. The minimum Gasteiger partial charge on any atom is -0.493 e. The lowest BCUT2D eigenvalue weighted by molar-refractivity contribution is 0.208. The summed E-state index contributed by atoms with van der Waals surface area (Å²) in [5, 5.41) is 21.8. The van der Waals surface area contributed by atoms with Gasteiger partial charge in [-0.15, -0.1) is 0 Å². The number of fused-ring (bicyclic) bond motifs is 1. The third-order valence-corrected chi connectivity index (χ3v) is 9.36. The second kappa shape index (κ2) is 13.0. The fourth-order valence-corrected chi connectivity index (χ4v) is 6.95. The van der Waals surface area contributed by atoms with Gasteiger partial charge in [-0.25, -0.2) is 13.4 Å². The molecular formula is C28H39N5O6S. The summed E-state index contributed by atoms with van der Waals surface area (Å²) in [6, 6.07) is 4.68. The highest BCUT2D eigenvalue weighted by atomic mass is 32.2. The van der Waals surface area contributed by atoms with E-state index in [9.17, 15) is 23.5 Å². The molecule has 4 rings (SSSR count). The number of H-pyrrole nitrogens is 1. The van der Waals surface area contributed by atoms with Gasteiger partial charge in [-0.05, 0) is 63.1 Å². The molecule has 0 spiro atoms. The molecule has 0 bridgehead atoms. The molecule has 12 heteroatoms. The Bertz CT molecular complexity index is 1520. The summed E-state index contributed by atoms with van der Waals surface area (Å²) < 4.78 is 36.5. The SMILES string of the molecule is CCCOc1ccc(S(=O)(=O)N2CCC(CCO)CC2)cc1-c1nc2c(CCC)c(C=NO)n(CC)c2c(=O)[nH]1. The van der Waals surface area contributed by atoms with Gasteiger partial charge in [-0.1, -0.05) is 25.4 Å². The second-order valence-electron chi connectivity index (χ2n) is 10.1. The van der Waals surface area contributed by atoms with Gasteiger partial charge in [0.15, 0.2) is 0 Å². The zero-order valence-corrected chi connectivity index (χ0v) is 24.2. The fourth-order valence-electron chi connectivity index (χ4n) is 5.45. The van der Waals surface area contributed by atoms with Crippen LogP contribution in [0, 0.1) is 5.92 Å². The van der Waals surface area contributed by atoms with E-state index in [1.165, 1.54) is 22.7 Å². The number of aromatic amines is 1. The third kappa shape index (κ3) is 5.79. The number of oxime groups is 1. The Morgan fingerprint density at radius 2 is 1.95 bits per heavy atom. The molecule has 1 aliphatic rings. The summed E-state index contributed by atoms with van der Waals surface area (Å²) in [6.07, 6.45) is 5.53. The highest BCUT2D eigenvalue weighted by Gasteiger charge is 2.30. The van der Waals surface area contributed by atoms with Gasteiger partial charge in [0.05, 0.1) is 29.0 Å². The molecule has 11 nitrogen and oxygen atoms in total. The molecule has 0 amide bonds. The van der Waals surface area contributed by atoms with Gasteiger partial charge < -0.3 is 24.6 Å². The van der Waals surface area contributed by atoms with E-state index in [0.717, 1.165) is 18.4 Å². The zero-order chi connectivity index (χ0) is 28.9. The molecule has 0 aliphatic carbocycles. The average Bonchev–Trinajstić information content (AvgIpc) is 3.25. The van der Waals surface area contributed by atoms with Gasteiger partial charge in [0.1, 0.15) is 22.6 Å². The smallest absolute Gasteiger partial charge is 0.275 e. The van der Waals surface area contributed by atoms with Crippen molar-refractivity contribution in [2.24, 2.45) is 11.1 Å². The quantitative estimate of drug-likeness (QED) is 0.170. The predicted molar refractivity (Wildman–Crippen MR) is 154 cm³/mol. The van der Waals surface area contributed by atoms with Gasteiger partial charge >= 0.3 is 0 Å². The Hall–Kier alpha value is -3.22. The lowest BCUT2D eigenvalue weighted by atomic mass is 9.95. The maximum absolute atomic E-state index is 13.6. The number of hydrogen-bond donors (Lipinski definition) is 3. The van der Waals surface area contributed by atoms with Crippen LogP contribution in [0.5, 0.6) is 5.75 Å². The summed E-state index contributed by atoms with van der Waals surface area (Å²) in [5.41, 5.74) is 2.26. The fraction of sp³-hybridized carbons (Fsp3) is 0.536. The van der Waals surface area contributed by atoms with Crippen molar-refractivity contribution in [1.82, 2.24) is 18.8 Å². The number of ether oxygens (including phenoxy) is 1. The van der Waals surface area contributed by atoms with Crippen molar-refractivity contribution < 1.29 is 23.5 Å². The molecule has 1 saturated heterocycles. The van der Waals surface area contributed by atoms with Crippen molar-refractivity contribution in [3.8, 4) is 17.1 Å². The zero-order valence-electron chi connectivity index (χ0n) is 23.4.